The number of hydrogen-bond acceptors (Lipinski definition) is 0. The fourth-order valence-electron chi connectivity index (χ4n) is 2.02. The normalized spacial score (nSPS) is 29.3. The Morgan fingerprint density at radius 3 is 2.13 bits per heavy atom. The first-order valence-electron chi connectivity index (χ1n) is 5.04. The first-order valence-corrected chi connectivity index (χ1v) is 5.04. The number of halogens is 2. The largest absolute Gasteiger partial charge is 0.243 e. The summed E-state index contributed by atoms with van der Waals surface area (Å²) < 4.78 is 25.8. The Balaban J connectivity index is 2.07. The van der Waals surface area contributed by atoms with E-state index >= 15 is 0 Å². The van der Waals surface area contributed by atoms with Crippen LogP contribution in [0, 0.1) is 0 Å². The van der Waals surface area contributed by atoms with Crippen molar-refractivity contribution in [2.45, 2.75) is 18.3 Å². The number of benzene rings is 2. The van der Waals surface area contributed by atoms with Gasteiger partial charge in [0.15, 0.2) is 0 Å². The summed E-state index contributed by atoms with van der Waals surface area (Å²) >= 11 is 0. The van der Waals surface area contributed by atoms with Gasteiger partial charge < -0.3 is 0 Å². The SMILES string of the molecule is FC1C(F)C1c1ccc2ccccc2c1. The van der Waals surface area contributed by atoms with Crippen molar-refractivity contribution in [2.24, 2.45) is 0 Å². The Hall–Kier alpha value is -1.44. The molecule has 0 spiro atoms. The lowest BCUT2D eigenvalue weighted by Gasteiger charge is -2.01. The third kappa shape index (κ3) is 1.32. The highest BCUT2D eigenvalue weighted by molar-refractivity contribution is 5.83. The summed E-state index contributed by atoms with van der Waals surface area (Å²) in [6.45, 7) is 0. The summed E-state index contributed by atoms with van der Waals surface area (Å²) in [7, 11) is 0. The van der Waals surface area contributed by atoms with E-state index in [-0.39, 0.29) is 0 Å². The highest BCUT2D eigenvalue weighted by atomic mass is 19.2. The molecule has 76 valence electrons. The number of fused-ring (bicyclic) bond motifs is 1. The van der Waals surface area contributed by atoms with Crippen molar-refractivity contribution < 1.29 is 8.78 Å². The second-order valence-corrected chi connectivity index (χ2v) is 4.02. The molecule has 2 aromatic carbocycles. The molecule has 2 atom stereocenters. The molecule has 15 heavy (non-hydrogen) atoms. The summed E-state index contributed by atoms with van der Waals surface area (Å²) in [5.74, 6) is -0.533. The van der Waals surface area contributed by atoms with Gasteiger partial charge in [-0.1, -0.05) is 42.5 Å². The van der Waals surface area contributed by atoms with E-state index in [9.17, 15) is 8.78 Å². The third-order valence-electron chi connectivity index (χ3n) is 3.01. The van der Waals surface area contributed by atoms with Crippen molar-refractivity contribution >= 4 is 10.8 Å². The van der Waals surface area contributed by atoms with E-state index in [4.69, 9.17) is 0 Å². The molecule has 0 nitrogen and oxygen atoms in total. The van der Waals surface area contributed by atoms with Crippen LogP contribution in [0.1, 0.15) is 11.5 Å². The van der Waals surface area contributed by atoms with E-state index in [2.05, 4.69) is 0 Å². The molecular weight excluding hydrogens is 194 g/mol. The maximum absolute atomic E-state index is 12.9. The van der Waals surface area contributed by atoms with Crippen LogP contribution in [0.15, 0.2) is 42.5 Å². The lowest BCUT2D eigenvalue weighted by Crippen LogP contribution is -1.83. The highest BCUT2D eigenvalue weighted by Crippen LogP contribution is 2.46. The molecule has 0 aromatic heterocycles. The van der Waals surface area contributed by atoms with Crippen LogP contribution < -0.4 is 0 Å². The molecule has 0 N–H and O–H groups in total. The molecule has 2 aromatic rings. The van der Waals surface area contributed by atoms with Gasteiger partial charge in [0.05, 0.1) is 5.92 Å². The van der Waals surface area contributed by atoms with Gasteiger partial charge in [0.25, 0.3) is 0 Å². The minimum absolute atomic E-state index is 0.533. The van der Waals surface area contributed by atoms with Crippen LogP contribution in [0.25, 0.3) is 10.8 Å². The second kappa shape index (κ2) is 3.02. The maximum Gasteiger partial charge on any atom is 0.142 e. The average molecular weight is 204 g/mol. The van der Waals surface area contributed by atoms with Gasteiger partial charge in [-0.2, -0.15) is 0 Å². The van der Waals surface area contributed by atoms with Crippen LogP contribution in [0.3, 0.4) is 0 Å². The van der Waals surface area contributed by atoms with Crippen LogP contribution in [-0.2, 0) is 0 Å². The molecule has 0 aliphatic heterocycles. The Morgan fingerprint density at radius 1 is 0.800 bits per heavy atom. The molecule has 0 bridgehead atoms. The Bertz CT molecular complexity index is 499. The van der Waals surface area contributed by atoms with E-state index in [0.717, 1.165) is 16.3 Å². The van der Waals surface area contributed by atoms with Gasteiger partial charge in [0.1, 0.15) is 12.3 Å². The summed E-state index contributed by atoms with van der Waals surface area (Å²) in [5, 5.41) is 2.15. The predicted molar refractivity (Wildman–Crippen MR) is 56.5 cm³/mol. The zero-order valence-electron chi connectivity index (χ0n) is 8.03. The maximum atomic E-state index is 12.9. The van der Waals surface area contributed by atoms with Crippen LogP contribution in [0.2, 0.25) is 0 Å². The molecule has 0 radical (unpaired) electrons. The second-order valence-electron chi connectivity index (χ2n) is 4.02. The van der Waals surface area contributed by atoms with E-state index in [1.54, 1.807) is 0 Å². The van der Waals surface area contributed by atoms with Crippen LogP contribution in [0.4, 0.5) is 8.78 Å². The van der Waals surface area contributed by atoms with Crippen molar-refractivity contribution in [3.8, 4) is 0 Å². The lowest BCUT2D eigenvalue weighted by molar-refractivity contribution is 0.372. The lowest BCUT2D eigenvalue weighted by atomic mass is 10.0. The predicted octanol–water partition coefficient (Wildman–Crippen LogP) is 3.61. The molecule has 0 amide bonds. The molecule has 0 heterocycles. The van der Waals surface area contributed by atoms with Crippen molar-refractivity contribution in [3.05, 3.63) is 48.0 Å². The first-order chi connectivity index (χ1) is 7.27. The van der Waals surface area contributed by atoms with Gasteiger partial charge in [-0.05, 0) is 16.3 Å². The topological polar surface area (TPSA) is 0 Å². The smallest absolute Gasteiger partial charge is 0.142 e. The van der Waals surface area contributed by atoms with Gasteiger partial charge in [0, 0.05) is 0 Å². The molecule has 1 aliphatic carbocycles. The first kappa shape index (κ1) is 8.84. The minimum Gasteiger partial charge on any atom is -0.243 e. The molecule has 2 unspecified atom stereocenters. The molecule has 0 saturated heterocycles. The zero-order valence-corrected chi connectivity index (χ0v) is 8.03. The van der Waals surface area contributed by atoms with Crippen LogP contribution in [0.5, 0.6) is 0 Å². The highest BCUT2D eigenvalue weighted by Gasteiger charge is 2.53. The monoisotopic (exact) mass is 204 g/mol. The quantitative estimate of drug-likeness (QED) is 0.665. The molecular formula is C13H10F2. The molecule has 1 fully saturated rings. The van der Waals surface area contributed by atoms with E-state index in [1.807, 2.05) is 42.5 Å². The fourth-order valence-corrected chi connectivity index (χ4v) is 2.02. The van der Waals surface area contributed by atoms with Gasteiger partial charge in [-0.25, -0.2) is 8.78 Å². The van der Waals surface area contributed by atoms with Gasteiger partial charge in [-0.3, -0.25) is 0 Å². The Morgan fingerprint density at radius 2 is 1.47 bits per heavy atom. The zero-order chi connectivity index (χ0) is 10.4. The van der Waals surface area contributed by atoms with E-state index < -0.39 is 18.3 Å². The summed E-state index contributed by atoms with van der Waals surface area (Å²) in [6, 6.07) is 13.5. The van der Waals surface area contributed by atoms with E-state index in [1.165, 1.54) is 0 Å². The van der Waals surface area contributed by atoms with Gasteiger partial charge in [0.2, 0.25) is 0 Å². The van der Waals surface area contributed by atoms with E-state index in [0.29, 0.717) is 0 Å². The van der Waals surface area contributed by atoms with Crippen LogP contribution >= 0.6 is 0 Å². The Kier molecular flexibility index (Phi) is 1.78. The van der Waals surface area contributed by atoms with Gasteiger partial charge in [-0.15, -0.1) is 0 Å². The van der Waals surface area contributed by atoms with Crippen molar-refractivity contribution in [1.82, 2.24) is 0 Å². The van der Waals surface area contributed by atoms with Crippen LogP contribution in [-0.4, -0.2) is 12.3 Å². The summed E-state index contributed by atoms with van der Waals surface area (Å²) in [6.07, 6.45) is -2.60. The molecule has 2 heteroatoms. The average Bonchev–Trinajstić information content (AvgIpc) is 2.86. The third-order valence-corrected chi connectivity index (χ3v) is 3.01. The molecule has 3 rings (SSSR count). The van der Waals surface area contributed by atoms with Crippen molar-refractivity contribution in [1.29, 1.82) is 0 Å². The number of hydrogen-bond donors (Lipinski definition) is 0. The molecule has 1 saturated carbocycles. The summed E-state index contributed by atoms with van der Waals surface area (Å²) in [5.41, 5.74) is 0.772. The van der Waals surface area contributed by atoms with Crippen molar-refractivity contribution in [3.63, 3.8) is 0 Å². The number of rotatable bonds is 1. The summed E-state index contributed by atoms with van der Waals surface area (Å²) in [4.78, 5) is 0. The van der Waals surface area contributed by atoms with Gasteiger partial charge >= 0.3 is 0 Å². The molecule has 1 aliphatic rings. The Labute approximate surface area is 86.5 Å². The number of alkyl halides is 2. The standard InChI is InChI=1S/C13H10F2/c14-12-11(13(12)15)10-6-5-8-3-1-2-4-9(8)7-10/h1-7,11-13H. The van der Waals surface area contributed by atoms with Crippen molar-refractivity contribution in [2.75, 3.05) is 0 Å². The fraction of sp³-hybridized carbons (Fsp3) is 0.231. The minimum atomic E-state index is -1.30.